The second-order valence-corrected chi connectivity index (χ2v) is 9.54. The first-order valence-electron chi connectivity index (χ1n) is 10.7. The summed E-state index contributed by atoms with van der Waals surface area (Å²) < 4.78 is 34.2. The lowest BCUT2D eigenvalue weighted by atomic mass is 10.1. The van der Waals surface area contributed by atoms with Crippen LogP contribution in [0.4, 0.5) is 0 Å². The molecule has 32 heavy (non-hydrogen) atoms. The van der Waals surface area contributed by atoms with Crippen molar-refractivity contribution in [3.05, 3.63) is 65.7 Å². The van der Waals surface area contributed by atoms with Gasteiger partial charge < -0.3 is 20.1 Å². The first-order chi connectivity index (χ1) is 15.5. The molecule has 2 heterocycles. The van der Waals surface area contributed by atoms with Gasteiger partial charge in [-0.2, -0.15) is 8.42 Å². The summed E-state index contributed by atoms with van der Waals surface area (Å²) >= 11 is 0. The molecule has 1 fully saturated rings. The third-order valence-corrected chi connectivity index (χ3v) is 6.96. The van der Waals surface area contributed by atoms with E-state index >= 15 is 0 Å². The molecular weight excluding hydrogens is 430 g/mol. The molecule has 0 radical (unpaired) electrons. The number of amides is 1. The highest BCUT2D eigenvalue weighted by molar-refractivity contribution is 7.90. The number of fused-ring (bicyclic) bond motifs is 1. The summed E-state index contributed by atoms with van der Waals surface area (Å²) in [5, 5.41) is 13.0. The number of likely N-dealkylation sites (tertiary alicyclic amines) is 1. The van der Waals surface area contributed by atoms with Crippen LogP contribution in [-0.4, -0.2) is 62.0 Å². The van der Waals surface area contributed by atoms with Crippen molar-refractivity contribution in [3.8, 4) is 0 Å². The zero-order chi connectivity index (χ0) is 22.6. The van der Waals surface area contributed by atoms with Gasteiger partial charge in [-0.05, 0) is 37.0 Å². The van der Waals surface area contributed by atoms with Crippen molar-refractivity contribution in [2.24, 2.45) is 4.40 Å². The van der Waals surface area contributed by atoms with Crippen LogP contribution in [0.1, 0.15) is 30.4 Å². The van der Waals surface area contributed by atoms with Crippen LogP contribution in [0.5, 0.6) is 0 Å². The van der Waals surface area contributed by atoms with Gasteiger partial charge in [-0.1, -0.05) is 42.5 Å². The minimum atomic E-state index is -3.73. The molecule has 2 aliphatic heterocycles. The molecule has 0 saturated carbocycles. The average molecular weight is 458 g/mol. The molecule has 8 nitrogen and oxygen atoms in total. The van der Waals surface area contributed by atoms with Gasteiger partial charge in [-0.3, -0.25) is 4.79 Å². The Balaban J connectivity index is 1.27. The number of carbonyl (C=O) groups is 1. The van der Waals surface area contributed by atoms with E-state index in [1.165, 1.54) is 6.07 Å². The van der Waals surface area contributed by atoms with Crippen LogP contribution in [0.25, 0.3) is 0 Å². The fraction of sp³-hybridized carbons (Fsp3) is 0.391. The number of nitrogens with zero attached hydrogens (tertiary/aromatic N) is 2. The highest BCUT2D eigenvalue weighted by atomic mass is 32.2. The minimum absolute atomic E-state index is 0.180. The smallest absolute Gasteiger partial charge is 0.285 e. The molecule has 2 aromatic carbocycles. The molecule has 170 valence electrons. The molecule has 2 aliphatic rings. The molecule has 2 N–H and O–H groups in total. The topological polar surface area (TPSA) is 108 Å². The van der Waals surface area contributed by atoms with Crippen molar-refractivity contribution in [3.63, 3.8) is 0 Å². The first-order valence-corrected chi connectivity index (χ1v) is 12.2. The van der Waals surface area contributed by atoms with E-state index in [9.17, 15) is 18.3 Å². The summed E-state index contributed by atoms with van der Waals surface area (Å²) in [5.74, 6) is 0.150. The summed E-state index contributed by atoms with van der Waals surface area (Å²) in [4.78, 5) is 14.8. The molecule has 1 unspecified atom stereocenters. The lowest BCUT2D eigenvalue weighted by molar-refractivity contribution is -0.124. The van der Waals surface area contributed by atoms with E-state index in [1.54, 1.807) is 23.1 Å². The highest BCUT2D eigenvalue weighted by Crippen LogP contribution is 2.31. The van der Waals surface area contributed by atoms with Crippen LogP contribution in [0.15, 0.2) is 63.9 Å². The van der Waals surface area contributed by atoms with E-state index in [0.29, 0.717) is 43.9 Å². The number of carbonyl (C=O) groups excluding carboxylic acids is 1. The molecule has 0 aromatic heterocycles. The standard InChI is InChI=1S/C23H27N3O5S/c27-18(16-31-15-17-7-2-1-3-8-17)12-13-24-23(28)20-10-6-14-26(20)22-19-9-4-5-11-21(19)32(29,30)25-22/h1-5,7-9,11,18,20,27H,6,10,12-16H2,(H,24,28)/t18-,20?/m1/s1. The van der Waals surface area contributed by atoms with E-state index in [0.717, 1.165) is 12.0 Å². The van der Waals surface area contributed by atoms with Crippen LogP contribution in [0, 0.1) is 0 Å². The zero-order valence-corrected chi connectivity index (χ0v) is 18.5. The maximum atomic E-state index is 12.8. The van der Waals surface area contributed by atoms with E-state index in [4.69, 9.17) is 4.74 Å². The maximum Gasteiger partial charge on any atom is 0.285 e. The van der Waals surface area contributed by atoms with Crippen molar-refractivity contribution in [1.29, 1.82) is 0 Å². The molecule has 0 spiro atoms. The Morgan fingerprint density at radius 2 is 1.94 bits per heavy atom. The van der Waals surface area contributed by atoms with Crippen LogP contribution >= 0.6 is 0 Å². The number of amidine groups is 1. The average Bonchev–Trinajstić information content (AvgIpc) is 3.37. The summed E-state index contributed by atoms with van der Waals surface area (Å²) in [6.07, 6.45) is 1.08. The fourth-order valence-corrected chi connectivity index (χ4v) is 5.26. The highest BCUT2D eigenvalue weighted by Gasteiger charge is 2.39. The number of rotatable bonds is 8. The van der Waals surface area contributed by atoms with E-state index in [-0.39, 0.29) is 17.4 Å². The van der Waals surface area contributed by atoms with E-state index in [1.807, 2.05) is 30.3 Å². The SMILES string of the molecule is O=C(NCC[C@@H](O)COCc1ccccc1)C1CCCN1C1=NS(=O)(=O)c2ccccc21. The number of aliphatic hydroxyl groups excluding tert-OH is 1. The molecule has 1 amide bonds. The predicted octanol–water partition coefficient (Wildman–Crippen LogP) is 1.68. The van der Waals surface area contributed by atoms with Crippen LogP contribution in [0.2, 0.25) is 0 Å². The van der Waals surface area contributed by atoms with Crippen molar-refractivity contribution in [2.75, 3.05) is 19.7 Å². The third kappa shape index (κ3) is 5.01. The Morgan fingerprint density at radius 1 is 1.19 bits per heavy atom. The van der Waals surface area contributed by atoms with Gasteiger partial charge in [0.05, 0.1) is 19.3 Å². The van der Waals surface area contributed by atoms with Gasteiger partial charge in [-0.15, -0.1) is 4.40 Å². The van der Waals surface area contributed by atoms with Gasteiger partial charge in [-0.25, -0.2) is 0 Å². The Labute approximate surface area is 188 Å². The lowest BCUT2D eigenvalue weighted by Crippen LogP contribution is -2.46. The van der Waals surface area contributed by atoms with Gasteiger partial charge in [0, 0.05) is 18.7 Å². The van der Waals surface area contributed by atoms with Crippen molar-refractivity contribution in [2.45, 2.75) is 42.9 Å². The molecular formula is C23H27N3O5S. The molecule has 1 saturated heterocycles. The summed E-state index contributed by atoms with van der Waals surface area (Å²) in [5.41, 5.74) is 1.57. The summed E-state index contributed by atoms with van der Waals surface area (Å²) in [6.45, 7) is 1.48. The number of hydrogen-bond acceptors (Lipinski definition) is 6. The number of benzene rings is 2. The minimum Gasteiger partial charge on any atom is -0.391 e. The Morgan fingerprint density at radius 3 is 2.75 bits per heavy atom. The number of sulfonamides is 1. The molecule has 0 bridgehead atoms. The fourth-order valence-electron chi connectivity index (χ4n) is 4.04. The number of ether oxygens (including phenoxy) is 1. The van der Waals surface area contributed by atoms with Crippen molar-refractivity contribution < 1.29 is 23.1 Å². The second kappa shape index (κ2) is 9.81. The molecule has 9 heteroatoms. The van der Waals surface area contributed by atoms with Gasteiger partial charge >= 0.3 is 0 Å². The number of nitrogens with one attached hydrogen (secondary N) is 1. The van der Waals surface area contributed by atoms with Gasteiger partial charge in [0.2, 0.25) is 5.91 Å². The predicted molar refractivity (Wildman–Crippen MR) is 120 cm³/mol. The Hall–Kier alpha value is -2.75. The number of aliphatic hydroxyl groups is 1. The first kappa shape index (κ1) is 22.4. The Kier molecular flexibility index (Phi) is 6.88. The van der Waals surface area contributed by atoms with Crippen molar-refractivity contribution >= 4 is 21.8 Å². The maximum absolute atomic E-state index is 12.8. The lowest BCUT2D eigenvalue weighted by Gasteiger charge is -2.25. The van der Waals surface area contributed by atoms with Gasteiger partial charge in [0.1, 0.15) is 10.9 Å². The Bertz CT molecular complexity index is 1090. The van der Waals surface area contributed by atoms with Crippen LogP contribution < -0.4 is 5.32 Å². The summed E-state index contributed by atoms with van der Waals surface area (Å²) in [6, 6.07) is 15.9. The second-order valence-electron chi connectivity index (χ2n) is 7.97. The molecule has 2 aromatic rings. The van der Waals surface area contributed by atoms with E-state index in [2.05, 4.69) is 9.71 Å². The molecule has 0 aliphatic carbocycles. The monoisotopic (exact) mass is 457 g/mol. The molecule has 4 rings (SSSR count). The number of hydrogen-bond donors (Lipinski definition) is 2. The van der Waals surface area contributed by atoms with Gasteiger partial charge in [0.15, 0.2) is 5.84 Å². The molecule has 2 atom stereocenters. The van der Waals surface area contributed by atoms with Gasteiger partial charge in [0.25, 0.3) is 10.0 Å². The van der Waals surface area contributed by atoms with Crippen LogP contribution in [0.3, 0.4) is 0 Å². The zero-order valence-electron chi connectivity index (χ0n) is 17.7. The third-order valence-electron chi connectivity index (χ3n) is 5.64. The summed E-state index contributed by atoms with van der Waals surface area (Å²) in [7, 11) is -3.73. The normalized spacial score (nSPS) is 20.0. The largest absolute Gasteiger partial charge is 0.391 e. The quantitative estimate of drug-likeness (QED) is 0.625. The van der Waals surface area contributed by atoms with E-state index < -0.39 is 22.2 Å². The van der Waals surface area contributed by atoms with Crippen LogP contribution in [-0.2, 0) is 26.2 Å². The van der Waals surface area contributed by atoms with Crippen molar-refractivity contribution in [1.82, 2.24) is 10.2 Å².